The van der Waals surface area contributed by atoms with Gasteiger partial charge >= 0.3 is 0 Å². The average Bonchev–Trinajstić information content (AvgIpc) is 2.79. The van der Waals surface area contributed by atoms with Crippen molar-refractivity contribution in [3.63, 3.8) is 0 Å². The Balaban J connectivity index is 1.50. The Bertz CT molecular complexity index is 920. The summed E-state index contributed by atoms with van der Waals surface area (Å²) in [5.41, 5.74) is 1.22. The number of aromatic nitrogens is 2. The van der Waals surface area contributed by atoms with Crippen molar-refractivity contribution in [3.8, 4) is 0 Å². The Labute approximate surface area is 182 Å². The van der Waals surface area contributed by atoms with Gasteiger partial charge in [0, 0.05) is 57.6 Å². The van der Waals surface area contributed by atoms with Gasteiger partial charge in [-0.1, -0.05) is 12.1 Å². The maximum atomic E-state index is 13.8. The molecule has 0 atom stereocenters. The lowest BCUT2D eigenvalue weighted by molar-refractivity contribution is -0.149. The molecule has 31 heavy (non-hydrogen) atoms. The molecule has 0 N–H and O–H groups in total. The van der Waals surface area contributed by atoms with E-state index in [0.29, 0.717) is 51.4 Å². The van der Waals surface area contributed by atoms with E-state index in [9.17, 15) is 14.0 Å². The Kier molecular flexibility index (Phi) is 6.30. The molecular weight excluding hydrogens is 395 g/mol. The molecule has 2 aliphatic heterocycles. The van der Waals surface area contributed by atoms with E-state index < -0.39 is 5.41 Å². The van der Waals surface area contributed by atoms with Crippen molar-refractivity contribution >= 4 is 11.8 Å². The quantitative estimate of drug-likeness (QED) is 0.756. The summed E-state index contributed by atoms with van der Waals surface area (Å²) in [6, 6.07) is 6.52. The van der Waals surface area contributed by atoms with E-state index in [2.05, 4.69) is 9.97 Å². The molecular formula is C24H29FN4O2. The molecule has 2 aromatic rings. The van der Waals surface area contributed by atoms with E-state index in [0.717, 1.165) is 24.1 Å². The lowest BCUT2D eigenvalue weighted by Gasteiger charge is -2.44. The second-order valence-corrected chi connectivity index (χ2v) is 8.79. The molecule has 1 aromatic heterocycles. The van der Waals surface area contributed by atoms with Gasteiger partial charge in [-0.3, -0.25) is 19.6 Å². The van der Waals surface area contributed by atoms with E-state index in [1.807, 2.05) is 17.2 Å². The number of piperidine rings is 2. The van der Waals surface area contributed by atoms with Gasteiger partial charge in [-0.15, -0.1) is 0 Å². The molecule has 6 nitrogen and oxygen atoms in total. The first-order valence-electron chi connectivity index (χ1n) is 11.0. The number of likely N-dealkylation sites (tertiary alicyclic amines) is 2. The van der Waals surface area contributed by atoms with Crippen LogP contribution in [0.25, 0.3) is 0 Å². The summed E-state index contributed by atoms with van der Waals surface area (Å²) < 4.78 is 13.8. The fourth-order valence-electron chi connectivity index (χ4n) is 4.99. The molecule has 0 radical (unpaired) electrons. The zero-order chi connectivity index (χ0) is 21.8. The molecule has 0 aliphatic carbocycles. The lowest BCUT2D eigenvalue weighted by Crippen LogP contribution is -2.53. The van der Waals surface area contributed by atoms with Crippen LogP contribution in [0.3, 0.4) is 0 Å². The van der Waals surface area contributed by atoms with E-state index >= 15 is 0 Å². The molecule has 4 rings (SSSR count). The number of hydrogen-bond donors (Lipinski definition) is 0. The maximum absolute atomic E-state index is 13.8. The van der Waals surface area contributed by atoms with E-state index in [1.165, 1.54) is 12.1 Å². The van der Waals surface area contributed by atoms with Crippen molar-refractivity contribution in [2.75, 3.05) is 26.2 Å². The van der Waals surface area contributed by atoms with Gasteiger partial charge in [0.05, 0.1) is 11.1 Å². The highest BCUT2D eigenvalue weighted by molar-refractivity contribution is 5.84. The molecule has 2 saturated heterocycles. The SMILES string of the molecule is CC(=O)N1CCC(Cc2cccc(F)c2)(C(=O)N2CCC(c3cnccn3)CC2)CC1. The first-order valence-corrected chi connectivity index (χ1v) is 11.0. The zero-order valence-electron chi connectivity index (χ0n) is 18.0. The van der Waals surface area contributed by atoms with Gasteiger partial charge < -0.3 is 9.80 Å². The molecule has 7 heteroatoms. The number of carbonyl (C=O) groups is 2. The van der Waals surface area contributed by atoms with Crippen molar-refractivity contribution in [3.05, 3.63) is 59.9 Å². The number of rotatable bonds is 4. The molecule has 0 saturated carbocycles. The molecule has 0 spiro atoms. The van der Waals surface area contributed by atoms with Crippen LogP contribution >= 0.6 is 0 Å². The molecule has 2 amide bonds. The van der Waals surface area contributed by atoms with E-state index in [-0.39, 0.29) is 17.6 Å². The van der Waals surface area contributed by atoms with Crippen LogP contribution in [-0.4, -0.2) is 57.8 Å². The summed E-state index contributed by atoms with van der Waals surface area (Å²) >= 11 is 0. The highest BCUT2D eigenvalue weighted by atomic mass is 19.1. The number of carbonyl (C=O) groups excluding carboxylic acids is 2. The van der Waals surface area contributed by atoms with Crippen LogP contribution in [0.4, 0.5) is 4.39 Å². The van der Waals surface area contributed by atoms with Gasteiger partial charge in [0.2, 0.25) is 11.8 Å². The molecule has 164 valence electrons. The van der Waals surface area contributed by atoms with Crippen molar-refractivity contribution in [2.45, 2.75) is 44.9 Å². The molecule has 1 aromatic carbocycles. The van der Waals surface area contributed by atoms with Gasteiger partial charge in [0.1, 0.15) is 5.82 Å². The predicted octanol–water partition coefficient (Wildman–Crippen LogP) is 3.19. The van der Waals surface area contributed by atoms with E-state index in [1.54, 1.807) is 30.3 Å². The van der Waals surface area contributed by atoms with Crippen molar-refractivity contribution < 1.29 is 14.0 Å². The number of benzene rings is 1. The van der Waals surface area contributed by atoms with Crippen LogP contribution in [0.1, 0.15) is 49.8 Å². The van der Waals surface area contributed by atoms with Crippen molar-refractivity contribution in [2.24, 2.45) is 5.41 Å². The van der Waals surface area contributed by atoms with Crippen LogP contribution in [0.5, 0.6) is 0 Å². The molecule has 2 fully saturated rings. The van der Waals surface area contributed by atoms with Crippen LogP contribution in [0.15, 0.2) is 42.9 Å². The minimum Gasteiger partial charge on any atom is -0.343 e. The van der Waals surface area contributed by atoms with Crippen molar-refractivity contribution in [1.29, 1.82) is 0 Å². The minimum atomic E-state index is -0.598. The van der Waals surface area contributed by atoms with Crippen LogP contribution in [0.2, 0.25) is 0 Å². The van der Waals surface area contributed by atoms with Crippen LogP contribution < -0.4 is 0 Å². The summed E-state index contributed by atoms with van der Waals surface area (Å²) in [4.78, 5) is 38.0. The fourth-order valence-corrected chi connectivity index (χ4v) is 4.99. The largest absolute Gasteiger partial charge is 0.343 e. The summed E-state index contributed by atoms with van der Waals surface area (Å²) in [5.74, 6) is 0.205. The smallest absolute Gasteiger partial charge is 0.229 e. The predicted molar refractivity (Wildman–Crippen MR) is 115 cm³/mol. The summed E-state index contributed by atoms with van der Waals surface area (Å²) in [6.45, 7) is 4.06. The van der Waals surface area contributed by atoms with Gasteiger partial charge in [-0.05, 0) is 49.8 Å². The topological polar surface area (TPSA) is 66.4 Å². The third kappa shape index (κ3) is 4.75. The highest BCUT2D eigenvalue weighted by Gasteiger charge is 2.44. The standard InChI is InChI=1S/C24H29FN4O2/c1-18(30)28-13-7-24(8-14-28,16-19-3-2-4-21(25)15-19)23(31)29-11-5-20(6-12-29)22-17-26-9-10-27-22/h2-4,9-10,15,17,20H,5-8,11-14,16H2,1H3. The first kappa shape index (κ1) is 21.4. The lowest BCUT2D eigenvalue weighted by atomic mass is 9.72. The first-order chi connectivity index (χ1) is 15.0. The van der Waals surface area contributed by atoms with E-state index in [4.69, 9.17) is 0 Å². The van der Waals surface area contributed by atoms with Gasteiger partial charge in [-0.2, -0.15) is 0 Å². The molecule has 3 heterocycles. The van der Waals surface area contributed by atoms with Gasteiger partial charge in [-0.25, -0.2) is 4.39 Å². The third-order valence-corrected chi connectivity index (χ3v) is 6.83. The van der Waals surface area contributed by atoms with Crippen LogP contribution in [0, 0.1) is 11.2 Å². The summed E-state index contributed by atoms with van der Waals surface area (Å²) in [5, 5.41) is 0. The average molecular weight is 425 g/mol. The number of amides is 2. The summed E-state index contributed by atoms with van der Waals surface area (Å²) in [7, 11) is 0. The second kappa shape index (κ2) is 9.12. The maximum Gasteiger partial charge on any atom is 0.229 e. The fraction of sp³-hybridized carbons (Fsp3) is 0.500. The van der Waals surface area contributed by atoms with Crippen molar-refractivity contribution in [1.82, 2.24) is 19.8 Å². The van der Waals surface area contributed by atoms with Crippen LogP contribution in [-0.2, 0) is 16.0 Å². The minimum absolute atomic E-state index is 0.0385. The second-order valence-electron chi connectivity index (χ2n) is 8.79. The third-order valence-electron chi connectivity index (χ3n) is 6.83. The Morgan fingerprint density at radius 2 is 1.84 bits per heavy atom. The highest BCUT2D eigenvalue weighted by Crippen LogP contribution is 2.39. The number of hydrogen-bond acceptors (Lipinski definition) is 4. The van der Waals surface area contributed by atoms with Gasteiger partial charge in [0.15, 0.2) is 0 Å². The Hall–Kier alpha value is -2.83. The normalized spacial score (nSPS) is 19.3. The number of halogens is 1. The Morgan fingerprint density at radius 1 is 1.10 bits per heavy atom. The number of nitrogens with zero attached hydrogens (tertiary/aromatic N) is 4. The molecule has 2 aliphatic rings. The molecule has 0 bridgehead atoms. The van der Waals surface area contributed by atoms with Gasteiger partial charge in [0.25, 0.3) is 0 Å². The summed E-state index contributed by atoms with van der Waals surface area (Å²) in [6.07, 6.45) is 8.62. The monoisotopic (exact) mass is 424 g/mol. The zero-order valence-corrected chi connectivity index (χ0v) is 18.0. The Morgan fingerprint density at radius 3 is 2.45 bits per heavy atom. The molecule has 0 unspecified atom stereocenters.